The van der Waals surface area contributed by atoms with E-state index in [-0.39, 0.29) is 11.7 Å². The van der Waals surface area contributed by atoms with Gasteiger partial charge in [-0.15, -0.1) is 0 Å². The normalized spacial score (nSPS) is 16.8. The maximum absolute atomic E-state index is 13.0. The van der Waals surface area contributed by atoms with E-state index in [1.54, 1.807) is 12.1 Å². The molecular formula is C16H10FNOS2. The van der Waals surface area contributed by atoms with Crippen molar-refractivity contribution in [3.8, 4) is 0 Å². The summed E-state index contributed by atoms with van der Waals surface area (Å²) in [4.78, 5) is 14.5. The van der Waals surface area contributed by atoms with E-state index in [1.165, 1.54) is 28.8 Å². The van der Waals surface area contributed by atoms with E-state index in [0.717, 1.165) is 5.56 Å². The molecule has 1 saturated heterocycles. The quantitative estimate of drug-likeness (QED) is 0.611. The minimum absolute atomic E-state index is 0.180. The molecule has 0 N–H and O–H groups in total. The molecule has 0 unspecified atom stereocenters. The van der Waals surface area contributed by atoms with Crippen molar-refractivity contribution >= 4 is 46.0 Å². The number of carbonyl (C=O) groups is 1. The lowest BCUT2D eigenvalue weighted by Gasteiger charge is -2.14. The predicted molar refractivity (Wildman–Crippen MR) is 88.5 cm³/mol. The zero-order valence-corrected chi connectivity index (χ0v) is 12.5. The van der Waals surface area contributed by atoms with Crippen LogP contribution in [0.3, 0.4) is 0 Å². The van der Waals surface area contributed by atoms with E-state index < -0.39 is 0 Å². The predicted octanol–water partition coefficient (Wildman–Crippen LogP) is 4.23. The fraction of sp³-hybridized carbons (Fsp3) is 0. The van der Waals surface area contributed by atoms with Crippen LogP contribution in [0.1, 0.15) is 5.56 Å². The van der Waals surface area contributed by atoms with Gasteiger partial charge in [0.05, 0.1) is 10.6 Å². The summed E-state index contributed by atoms with van der Waals surface area (Å²) in [5, 5.41) is 0. The first-order chi connectivity index (χ1) is 10.1. The molecule has 1 amide bonds. The highest BCUT2D eigenvalue weighted by molar-refractivity contribution is 8.27. The third-order valence-corrected chi connectivity index (χ3v) is 4.28. The molecule has 0 atom stereocenters. The van der Waals surface area contributed by atoms with Crippen molar-refractivity contribution in [2.45, 2.75) is 0 Å². The Morgan fingerprint density at radius 1 is 1.05 bits per heavy atom. The van der Waals surface area contributed by atoms with Gasteiger partial charge in [-0.1, -0.05) is 54.3 Å². The number of anilines is 1. The monoisotopic (exact) mass is 315 g/mol. The second-order valence-electron chi connectivity index (χ2n) is 4.40. The Kier molecular flexibility index (Phi) is 3.86. The van der Waals surface area contributed by atoms with E-state index >= 15 is 0 Å². The van der Waals surface area contributed by atoms with Gasteiger partial charge in [0, 0.05) is 0 Å². The second kappa shape index (κ2) is 5.79. The average Bonchev–Trinajstić information content (AvgIpc) is 2.76. The van der Waals surface area contributed by atoms with E-state index in [2.05, 4.69) is 0 Å². The van der Waals surface area contributed by atoms with Gasteiger partial charge < -0.3 is 0 Å². The number of thiocarbonyl (C=S) groups is 1. The number of amides is 1. The summed E-state index contributed by atoms with van der Waals surface area (Å²) in [6, 6.07) is 15.3. The zero-order valence-electron chi connectivity index (χ0n) is 10.8. The van der Waals surface area contributed by atoms with E-state index in [9.17, 15) is 9.18 Å². The molecule has 0 aliphatic carbocycles. The molecule has 0 aromatic heterocycles. The summed E-state index contributed by atoms with van der Waals surface area (Å²) in [6.07, 6.45) is 1.81. The van der Waals surface area contributed by atoms with Crippen molar-refractivity contribution in [3.63, 3.8) is 0 Å². The van der Waals surface area contributed by atoms with Crippen LogP contribution in [0.25, 0.3) is 6.08 Å². The molecule has 0 bridgehead atoms. The van der Waals surface area contributed by atoms with Gasteiger partial charge in [-0.3, -0.25) is 9.69 Å². The van der Waals surface area contributed by atoms with Crippen molar-refractivity contribution in [2.75, 3.05) is 4.90 Å². The van der Waals surface area contributed by atoms with Gasteiger partial charge in [0.15, 0.2) is 4.32 Å². The van der Waals surface area contributed by atoms with Crippen LogP contribution >= 0.6 is 24.0 Å². The Morgan fingerprint density at radius 3 is 2.38 bits per heavy atom. The van der Waals surface area contributed by atoms with Gasteiger partial charge in [0.25, 0.3) is 5.91 Å². The van der Waals surface area contributed by atoms with Crippen LogP contribution in [0.2, 0.25) is 0 Å². The van der Waals surface area contributed by atoms with Crippen molar-refractivity contribution in [1.82, 2.24) is 0 Å². The number of carbonyl (C=O) groups excluding carboxylic acids is 1. The van der Waals surface area contributed by atoms with Gasteiger partial charge in [-0.2, -0.15) is 0 Å². The topological polar surface area (TPSA) is 20.3 Å². The Labute approximate surface area is 131 Å². The first-order valence-electron chi connectivity index (χ1n) is 6.24. The average molecular weight is 315 g/mol. The SMILES string of the molecule is O=C1/C(=C\c2ccccc2)SC(=S)N1c1ccc(F)cc1. The smallest absolute Gasteiger partial charge is 0.268 e. The molecule has 2 nitrogen and oxygen atoms in total. The standard InChI is InChI=1S/C16H10FNOS2/c17-12-6-8-13(9-7-12)18-15(19)14(21-16(18)20)10-11-4-2-1-3-5-11/h1-10H/b14-10+. The van der Waals surface area contributed by atoms with Crippen LogP contribution in [0.4, 0.5) is 10.1 Å². The molecule has 0 saturated carbocycles. The van der Waals surface area contributed by atoms with Gasteiger partial charge in [-0.05, 0) is 35.9 Å². The Bertz CT molecular complexity index is 726. The van der Waals surface area contributed by atoms with Crippen LogP contribution in [-0.4, -0.2) is 10.2 Å². The summed E-state index contributed by atoms with van der Waals surface area (Å²) < 4.78 is 13.4. The second-order valence-corrected chi connectivity index (χ2v) is 6.08. The minimum atomic E-state index is -0.344. The fourth-order valence-corrected chi connectivity index (χ4v) is 3.28. The Hall–Kier alpha value is -1.98. The molecule has 1 heterocycles. The number of hydrogen-bond donors (Lipinski definition) is 0. The first kappa shape index (κ1) is 14.0. The largest absolute Gasteiger partial charge is 0.270 e. The Morgan fingerprint density at radius 2 is 1.71 bits per heavy atom. The van der Waals surface area contributed by atoms with Gasteiger partial charge in [0.1, 0.15) is 5.82 Å². The van der Waals surface area contributed by atoms with Crippen LogP contribution in [-0.2, 0) is 4.79 Å². The van der Waals surface area contributed by atoms with Gasteiger partial charge >= 0.3 is 0 Å². The highest BCUT2D eigenvalue weighted by atomic mass is 32.2. The first-order valence-corrected chi connectivity index (χ1v) is 7.46. The molecule has 0 spiro atoms. The van der Waals surface area contributed by atoms with Crippen LogP contribution in [0, 0.1) is 5.82 Å². The number of thioether (sulfide) groups is 1. The lowest BCUT2D eigenvalue weighted by atomic mass is 10.2. The van der Waals surface area contributed by atoms with E-state index in [1.807, 2.05) is 36.4 Å². The number of benzene rings is 2. The lowest BCUT2D eigenvalue weighted by Crippen LogP contribution is -2.27. The molecule has 1 aliphatic rings. The minimum Gasteiger partial charge on any atom is -0.268 e. The number of rotatable bonds is 2. The van der Waals surface area contributed by atoms with Crippen LogP contribution in [0.5, 0.6) is 0 Å². The van der Waals surface area contributed by atoms with E-state index in [4.69, 9.17) is 12.2 Å². The fourth-order valence-electron chi connectivity index (χ4n) is 1.98. The van der Waals surface area contributed by atoms with Crippen LogP contribution < -0.4 is 4.90 Å². The van der Waals surface area contributed by atoms with Crippen LogP contribution in [0.15, 0.2) is 59.5 Å². The summed E-state index contributed by atoms with van der Waals surface area (Å²) in [5.74, 6) is -0.524. The van der Waals surface area contributed by atoms with Gasteiger partial charge in [-0.25, -0.2) is 4.39 Å². The summed E-state index contributed by atoms with van der Waals surface area (Å²) in [5.41, 5.74) is 1.52. The molecule has 21 heavy (non-hydrogen) atoms. The van der Waals surface area contributed by atoms with E-state index in [0.29, 0.717) is 14.9 Å². The third-order valence-electron chi connectivity index (χ3n) is 2.98. The number of hydrogen-bond acceptors (Lipinski definition) is 3. The van der Waals surface area contributed by atoms with Crippen molar-refractivity contribution in [3.05, 3.63) is 70.9 Å². The molecule has 0 radical (unpaired) electrons. The molecule has 3 rings (SSSR count). The van der Waals surface area contributed by atoms with Crippen molar-refractivity contribution in [2.24, 2.45) is 0 Å². The molecule has 1 fully saturated rings. The summed E-state index contributed by atoms with van der Waals surface area (Å²) >= 11 is 6.51. The number of halogens is 1. The van der Waals surface area contributed by atoms with Crippen molar-refractivity contribution in [1.29, 1.82) is 0 Å². The Balaban J connectivity index is 1.92. The molecule has 2 aromatic rings. The zero-order chi connectivity index (χ0) is 14.8. The summed E-state index contributed by atoms with van der Waals surface area (Å²) in [7, 11) is 0. The van der Waals surface area contributed by atoms with Gasteiger partial charge in [0.2, 0.25) is 0 Å². The maximum atomic E-state index is 13.0. The molecule has 2 aromatic carbocycles. The highest BCUT2D eigenvalue weighted by Gasteiger charge is 2.33. The molecule has 1 aliphatic heterocycles. The lowest BCUT2D eigenvalue weighted by molar-refractivity contribution is -0.113. The third kappa shape index (κ3) is 2.89. The van der Waals surface area contributed by atoms with Crippen molar-refractivity contribution < 1.29 is 9.18 Å². The molecule has 5 heteroatoms. The molecule has 104 valence electrons. The summed E-state index contributed by atoms with van der Waals surface area (Å²) in [6.45, 7) is 0. The maximum Gasteiger partial charge on any atom is 0.270 e. The number of nitrogens with zero attached hydrogens (tertiary/aromatic N) is 1. The molecular weight excluding hydrogens is 305 g/mol. The highest BCUT2D eigenvalue weighted by Crippen LogP contribution is 2.35.